The summed E-state index contributed by atoms with van der Waals surface area (Å²) in [5.74, 6) is 0.603. The molecule has 2 heterocycles. The molecule has 1 aromatic rings. The topological polar surface area (TPSA) is 67.3 Å². The summed E-state index contributed by atoms with van der Waals surface area (Å²) in [5, 5.41) is 20.6. The van der Waals surface area contributed by atoms with E-state index in [0.29, 0.717) is 24.2 Å². The van der Waals surface area contributed by atoms with Gasteiger partial charge in [-0.2, -0.15) is 0 Å². The van der Waals surface area contributed by atoms with E-state index in [4.69, 9.17) is 16.3 Å². The molecule has 0 spiro atoms. The smallest absolute Gasteiger partial charge is 0.154 e. The minimum absolute atomic E-state index is 0.125. The molecule has 0 bridgehead atoms. The summed E-state index contributed by atoms with van der Waals surface area (Å²) in [5.41, 5.74) is 0.850. The fraction of sp³-hybridized carbons (Fsp3) is 0.556. The molecule has 82 valence electrons. The molecule has 0 amide bonds. The van der Waals surface area contributed by atoms with Gasteiger partial charge in [0.2, 0.25) is 0 Å². The van der Waals surface area contributed by atoms with Gasteiger partial charge in [0, 0.05) is 0 Å². The van der Waals surface area contributed by atoms with Gasteiger partial charge in [0.15, 0.2) is 5.15 Å². The molecular weight excluding hydrogens is 218 g/mol. The fourth-order valence-electron chi connectivity index (χ4n) is 1.41. The van der Waals surface area contributed by atoms with Gasteiger partial charge in [-0.05, 0) is 18.6 Å². The van der Waals surface area contributed by atoms with E-state index in [-0.39, 0.29) is 6.04 Å². The zero-order chi connectivity index (χ0) is 10.8. The van der Waals surface area contributed by atoms with Crippen molar-refractivity contribution in [2.45, 2.75) is 19.1 Å². The number of aliphatic hydroxyl groups is 1. The summed E-state index contributed by atoms with van der Waals surface area (Å²) >= 11 is 5.75. The molecule has 5 nitrogen and oxygen atoms in total. The molecule has 15 heavy (non-hydrogen) atoms. The van der Waals surface area contributed by atoms with Crippen LogP contribution in [0.15, 0.2) is 6.07 Å². The number of aromatic nitrogens is 2. The quantitative estimate of drug-likeness (QED) is 0.778. The van der Waals surface area contributed by atoms with Crippen molar-refractivity contribution in [2.75, 3.05) is 18.5 Å². The van der Waals surface area contributed by atoms with Gasteiger partial charge in [0.1, 0.15) is 5.82 Å². The molecule has 2 atom stereocenters. The molecule has 2 rings (SSSR count). The summed E-state index contributed by atoms with van der Waals surface area (Å²) in [7, 11) is 0. The van der Waals surface area contributed by atoms with E-state index in [9.17, 15) is 5.11 Å². The third kappa shape index (κ3) is 2.37. The lowest BCUT2D eigenvalue weighted by atomic mass is 10.2. The van der Waals surface area contributed by atoms with Crippen LogP contribution in [0.3, 0.4) is 0 Å². The third-order valence-electron chi connectivity index (χ3n) is 2.31. The Morgan fingerprint density at radius 3 is 2.93 bits per heavy atom. The number of halogens is 1. The summed E-state index contributed by atoms with van der Waals surface area (Å²) in [4.78, 5) is 0. The minimum Gasteiger partial charge on any atom is -0.388 e. The zero-order valence-corrected chi connectivity index (χ0v) is 9.03. The number of anilines is 1. The molecule has 0 aromatic carbocycles. The fourth-order valence-corrected chi connectivity index (χ4v) is 1.50. The van der Waals surface area contributed by atoms with Gasteiger partial charge in [-0.15, -0.1) is 10.2 Å². The molecule has 0 radical (unpaired) electrons. The van der Waals surface area contributed by atoms with Crippen molar-refractivity contribution in [3.8, 4) is 0 Å². The Kier molecular flexibility index (Phi) is 3.04. The first-order chi connectivity index (χ1) is 7.16. The van der Waals surface area contributed by atoms with Gasteiger partial charge in [0.05, 0.1) is 25.4 Å². The second kappa shape index (κ2) is 4.30. The molecule has 1 aliphatic heterocycles. The molecule has 1 aromatic heterocycles. The molecule has 1 aliphatic rings. The van der Waals surface area contributed by atoms with Gasteiger partial charge in [0.25, 0.3) is 0 Å². The Labute approximate surface area is 92.4 Å². The maximum Gasteiger partial charge on any atom is 0.154 e. The number of nitrogens with zero attached hydrogens (tertiary/aromatic N) is 2. The normalized spacial score (nSPS) is 25.5. The molecule has 0 unspecified atom stereocenters. The highest BCUT2D eigenvalue weighted by Crippen LogP contribution is 2.16. The summed E-state index contributed by atoms with van der Waals surface area (Å²) in [6, 6.07) is 1.67. The van der Waals surface area contributed by atoms with E-state index in [0.717, 1.165) is 5.56 Å². The predicted octanol–water partition coefficient (Wildman–Crippen LogP) is 0.610. The van der Waals surface area contributed by atoms with Crippen molar-refractivity contribution in [3.05, 3.63) is 16.8 Å². The van der Waals surface area contributed by atoms with Crippen molar-refractivity contribution in [2.24, 2.45) is 0 Å². The van der Waals surface area contributed by atoms with Crippen molar-refractivity contribution in [3.63, 3.8) is 0 Å². The largest absolute Gasteiger partial charge is 0.388 e. The molecule has 0 aliphatic carbocycles. The van der Waals surface area contributed by atoms with Gasteiger partial charge in [-0.25, -0.2) is 0 Å². The van der Waals surface area contributed by atoms with Gasteiger partial charge >= 0.3 is 0 Å². The van der Waals surface area contributed by atoms with Gasteiger partial charge < -0.3 is 15.2 Å². The first kappa shape index (κ1) is 10.6. The summed E-state index contributed by atoms with van der Waals surface area (Å²) in [6.45, 7) is 2.69. The highest BCUT2D eigenvalue weighted by molar-refractivity contribution is 6.30. The van der Waals surface area contributed by atoms with Crippen LogP contribution in [0.2, 0.25) is 5.15 Å². The number of aliphatic hydroxyl groups excluding tert-OH is 1. The van der Waals surface area contributed by atoms with E-state index in [1.807, 2.05) is 6.92 Å². The Balaban J connectivity index is 2.07. The Bertz CT molecular complexity index is 361. The molecular formula is C9H12ClN3O2. The van der Waals surface area contributed by atoms with Crippen LogP contribution in [0.4, 0.5) is 5.82 Å². The third-order valence-corrected chi connectivity index (χ3v) is 2.68. The van der Waals surface area contributed by atoms with Crippen molar-refractivity contribution >= 4 is 17.4 Å². The maximum absolute atomic E-state index is 9.51. The number of hydrogen-bond acceptors (Lipinski definition) is 5. The second-order valence-electron chi connectivity index (χ2n) is 3.56. The lowest BCUT2D eigenvalue weighted by molar-refractivity contribution is 0.125. The highest BCUT2D eigenvalue weighted by atomic mass is 35.5. The van der Waals surface area contributed by atoms with E-state index < -0.39 is 6.10 Å². The molecule has 1 fully saturated rings. The van der Waals surface area contributed by atoms with Crippen LogP contribution in [0.5, 0.6) is 0 Å². The Morgan fingerprint density at radius 1 is 1.53 bits per heavy atom. The Hall–Kier alpha value is -0.910. The monoisotopic (exact) mass is 229 g/mol. The maximum atomic E-state index is 9.51. The number of nitrogens with one attached hydrogen (secondary N) is 1. The predicted molar refractivity (Wildman–Crippen MR) is 56.0 cm³/mol. The van der Waals surface area contributed by atoms with E-state index >= 15 is 0 Å². The lowest BCUT2D eigenvalue weighted by Gasteiger charge is -2.14. The van der Waals surface area contributed by atoms with Crippen LogP contribution in [-0.2, 0) is 4.74 Å². The average Bonchev–Trinajstić information content (AvgIpc) is 2.59. The van der Waals surface area contributed by atoms with E-state index in [1.54, 1.807) is 6.07 Å². The summed E-state index contributed by atoms with van der Waals surface area (Å²) < 4.78 is 5.11. The second-order valence-corrected chi connectivity index (χ2v) is 3.92. The van der Waals surface area contributed by atoms with Crippen LogP contribution in [0, 0.1) is 6.92 Å². The standard InChI is InChI=1S/C9H12ClN3O2/c1-5-2-8(12-13-9(5)10)11-6-3-15-4-7(6)14/h2,6-7,14H,3-4H2,1H3,(H,11,12)/t6-,7-/m0/s1. The Morgan fingerprint density at radius 2 is 2.33 bits per heavy atom. The van der Waals surface area contributed by atoms with Gasteiger partial charge in [-0.1, -0.05) is 11.6 Å². The molecule has 2 N–H and O–H groups in total. The molecule has 0 saturated carbocycles. The van der Waals surface area contributed by atoms with Crippen molar-refractivity contribution in [1.82, 2.24) is 10.2 Å². The van der Waals surface area contributed by atoms with Gasteiger partial charge in [-0.3, -0.25) is 0 Å². The first-order valence-electron chi connectivity index (χ1n) is 4.69. The van der Waals surface area contributed by atoms with Crippen molar-refractivity contribution < 1.29 is 9.84 Å². The molecule has 1 saturated heterocycles. The van der Waals surface area contributed by atoms with Crippen LogP contribution >= 0.6 is 11.6 Å². The van der Waals surface area contributed by atoms with Crippen LogP contribution in [0.25, 0.3) is 0 Å². The summed E-state index contributed by atoms with van der Waals surface area (Å²) in [6.07, 6.45) is -0.497. The zero-order valence-electron chi connectivity index (χ0n) is 8.27. The number of aryl methyl sites for hydroxylation is 1. The van der Waals surface area contributed by atoms with Crippen molar-refractivity contribution in [1.29, 1.82) is 0 Å². The first-order valence-corrected chi connectivity index (χ1v) is 5.07. The van der Waals surface area contributed by atoms with Crippen LogP contribution in [0.1, 0.15) is 5.56 Å². The number of ether oxygens (including phenoxy) is 1. The number of rotatable bonds is 2. The van der Waals surface area contributed by atoms with Crippen LogP contribution < -0.4 is 5.32 Å². The highest BCUT2D eigenvalue weighted by Gasteiger charge is 2.26. The average molecular weight is 230 g/mol. The number of hydrogen-bond donors (Lipinski definition) is 2. The lowest BCUT2D eigenvalue weighted by Crippen LogP contribution is -2.32. The van der Waals surface area contributed by atoms with E-state index in [1.165, 1.54) is 0 Å². The van der Waals surface area contributed by atoms with E-state index in [2.05, 4.69) is 15.5 Å². The SMILES string of the molecule is Cc1cc(N[C@H]2COC[C@@H]2O)nnc1Cl. The molecule has 6 heteroatoms. The van der Waals surface area contributed by atoms with Crippen LogP contribution in [-0.4, -0.2) is 40.7 Å². The minimum atomic E-state index is -0.497.